The van der Waals surface area contributed by atoms with E-state index in [2.05, 4.69) is 5.32 Å². The predicted octanol–water partition coefficient (Wildman–Crippen LogP) is 3.10. The Morgan fingerprint density at radius 1 is 1.00 bits per heavy atom. The van der Waals surface area contributed by atoms with Gasteiger partial charge in [0.05, 0.1) is 29.5 Å². The topological polar surface area (TPSA) is 133 Å². The van der Waals surface area contributed by atoms with Gasteiger partial charge in [0.2, 0.25) is 15.9 Å². The van der Waals surface area contributed by atoms with Crippen molar-refractivity contribution in [1.82, 2.24) is 14.1 Å². The van der Waals surface area contributed by atoms with Gasteiger partial charge in [0.1, 0.15) is 5.00 Å². The molecule has 0 spiro atoms. The minimum Gasteiger partial charge on any atom is -0.466 e. The molecule has 1 unspecified atom stereocenters. The summed E-state index contributed by atoms with van der Waals surface area (Å²) in [6, 6.07) is 5.67. The van der Waals surface area contributed by atoms with Crippen LogP contribution < -0.4 is 5.32 Å². The standard InChI is InChI=1S/C29H36N4O7S2/c1-3-40-29(37)21-7-6-15-33(17-21)42(38,39)22-10-8-20(9-11-22)26(35)30-27-25(28(36)31-13-4-5-14-31)23-12-16-32(19(2)34)18-24(23)41-27/h8-11,21H,3-7,12-18H2,1-2H3,(H,30,35). The highest BCUT2D eigenvalue weighted by atomic mass is 32.2. The van der Waals surface area contributed by atoms with E-state index in [0.29, 0.717) is 62.6 Å². The number of carbonyl (C=O) groups excluding carboxylic acids is 4. The lowest BCUT2D eigenvalue weighted by Crippen LogP contribution is -2.42. The van der Waals surface area contributed by atoms with E-state index in [0.717, 1.165) is 23.3 Å². The van der Waals surface area contributed by atoms with Gasteiger partial charge in [-0.05, 0) is 68.9 Å². The van der Waals surface area contributed by atoms with Crippen LogP contribution in [0.1, 0.15) is 70.7 Å². The van der Waals surface area contributed by atoms with Crippen LogP contribution in [0.2, 0.25) is 0 Å². The van der Waals surface area contributed by atoms with Crippen LogP contribution in [0.5, 0.6) is 0 Å². The van der Waals surface area contributed by atoms with Crippen LogP contribution in [-0.2, 0) is 37.3 Å². The molecule has 0 radical (unpaired) electrons. The SMILES string of the molecule is CCOC(=O)C1CCCN(S(=O)(=O)c2ccc(C(=O)Nc3sc4c(c3C(=O)N3CCCC3)CCN(C(C)=O)C4)cc2)C1. The average molecular weight is 617 g/mol. The molecule has 1 aromatic heterocycles. The molecule has 11 nitrogen and oxygen atoms in total. The summed E-state index contributed by atoms with van der Waals surface area (Å²) in [4.78, 5) is 55.5. The molecule has 4 heterocycles. The molecule has 3 aliphatic rings. The van der Waals surface area contributed by atoms with Gasteiger partial charge < -0.3 is 19.9 Å². The molecular weight excluding hydrogens is 580 g/mol. The van der Waals surface area contributed by atoms with Crippen LogP contribution in [-0.4, -0.2) is 85.5 Å². The molecule has 1 aromatic carbocycles. The van der Waals surface area contributed by atoms with Gasteiger partial charge in [-0.2, -0.15) is 4.31 Å². The molecule has 42 heavy (non-hydrogen) atoms. The number of esters is 1. The van der Waals surface area contributed by atoms with E-state index in [-0.39, 0.29) is 35.4 Å². The molecular formula is C29H36N4O7S2. The third-order valence-electron chi connectivity index (χ3n) is 8.09. The Labute approximate surface area is 249 Å². The van der Waals surface area contributed by atoms with Crippen LogP contribution in [0, 0.1) is 5.92 Å². The molecule has 3 amide bonds. The molecule has 1 atom stereocenters. The highest BCUT2D eigenvalue weighted by Gasteiger charge is 2.35. The van der Waals surface area contributed by atoms with E-state index in [9.17, 15) is 27.6 Å². The Morgan fingerprint density at radius 3 is 2.38 bits per heavy atom. The summed E-state index contributed by atoms with van der Waals surface area (Å²) in [5, 5.41) is 3.35. The number of likely N-dealkylation sites (tertiary alicyclic amines) is 1. The molecule has 3 aliphatic heterocycles. The Hall–Kier alpha value is -3.29. The van der Waals surface area contributed by atoms with Gasteiger partial charge in [0.25, 0.3) is 11.8 Å². The maximum atomic E-state index is 13.5. The molecule has 1 N–H and O–H groups in total. The van der Waals surface area contributed by atoms with Crippen LogP contribution >= 0.6 is 11.3 Å². The summed E-state index contributed by atoms with van der Waals surface area (Å²) >= 11 is 1.31. The fourth-order valence-corrected chi connectivity index (χ4v) is 8.56. The van der Waals surface area contributed by atoms with E-state index < -0.39 is 27.8 Å². The third-order valence-corrected chi connectivity index (χ3v) is 11.1. The largest absolute Gasteiger partial charge is 0.466 e. The summed E-state index contributed by atoms with van der Waals surface area (Å²) in [5.74, 6) is -1.51. The number of amides is 3. The van der Waals surface area contributed by atoms with E-state index in [4.69, 9.17) is 4.74 Å². The second-order valence-corrected chi connectivity index (χ2v) is 13.9. The molecule has 5 rings (SSSR count). The fraction of sp³-hybridized carbons (Fsp3) is 0.517. The molecule has 2 aromatic rings. The number of rotatable bonds is 7. The Morgan fingerprint density at radius 2 is 1.71 bits per heavy atom. The molecule has 0 aliphatic carbocycles. The van der Waals surface area contributed by atoms with Crippen molar-refractivity contribution in [3.8, 4) is 0 Å². The zero-order chi connectivity index (χ0) is 30.0. The number of nitrogens with one attached hydrogen (secondary N) is 1. The molecule has 2 saturated heterocycles. The summed E-state index contributed by atoms with van der Waals surface area (Å²) in [7, 11) is -3.87. The zero-order valence-electron chi connectivity index (χ0n) is 23.9. The van der Waals surface area contributed by atoms with Gasteiger partial charge >= 0.3 is 5.97 Å². The predicted molar refractivity (Wildman–Crippen MR) is 157 cm³/mol. The number of hydrogen-bond donors (Lipinski definition) is 1. The van der Waals surface area contributed by atoms with Gasteiger partial charge in [-0.15, -0.1) is 11.3 Å². The van der Waals surface area contributed by atoms with Crippen LogP contribution in [0.3, 0.4) is 0 Å². The second kappa shape index (κ2) is 12.5. The summed E-state index contributed by atoms with van der Waals surface area (Å²) in [6.45, 7) is 6.09. The summed E-state index contributed by atoms with van der Waals surface area (Å²) in [5.41, 5.74) is 1.62. The second-order valence-electron chi connectivity index (χ2n) is 10.8. The first-order chi connectivity index (χ1) is 20.1. The number of sulfonamides is 1. The van der Waals surface area contributed by atoms with E-state index in [1.54, 1.807) is 11.8 Å². The van der Waals surface area contributed by atoms with Gasteiger partial charge in [-0.1, -0.05) is 0 Å². The number of hydrogen-bond acceptors (Lipinski definition) is 8. The minimum atomic E-state index is -3.87. The number of ether oxygens (including phenoxy) is 1. The number of anilines is 1. The third kappa shape index (κ3) is 6.09. The van der Waals surface area contributed by atoms with Crippen molar-refractivity contribution in [2.75, 3.05) is 44.6 Å². The van der Waals surface area contributed by atoms with E-state index in [1.165, 1.54) is 46.8 Å². The number of piperidine rings is 1. The Kier molecular flexibility index (Phi) is 9.00. The normalized spacial score (nSPS) is 19.3. The lowest BCUT2D eigenvalue weighted by Gasteiger charge is -2.30. The highest BCUT2D eigenvalue weighted by molar-refractivity contribution is 7.89. The van der Waals surface area contributed by atoms with Crippen molar-refractivity contribution in [3.63, 3.8) is 0 Å². The van der Waals surface area contributed by atoms with Crippen LogP contribution in [0.15, 0.2) is 29.2 Å². The van der Waals surface area contributed by atoms with Crippen molar-refractivity contribution in [1.29, 1.82) is 0 Å². The van der Waals surface area contributed by atoms with Crippen molar-refractivity contribution in [2.24, 2.45) is 5.92 Å². The molecule has 2 fully saturated rings. The lowest BCUT2D eigenvalue weighted by atomic mass is 10.0. The van der Waals surface area contributed by atoms with Gasteiger partial charge in [-0.25, -0.2) is 8.42 Å². The maximum Gasteiger partial charge on any atom is 0.310 e. The quantitative estimate of drug-likeness (QED) is 0.473. The molecule has 13 heteroatoms. The van der Waals surface area contributed by atoms with E-state index >= 15 is 0 Å². The number of nitrogens with zero attached hydrogens (tertiary/aromatic N) is 3. The van der Waals surface area contributed by atoms with Gasteiger partial charge in [-0.3, -0.25) is 19.2 Å². The van der Waals surface area contributed by atoms with Crippen LogP contribution in [0.4, 0.5) is 5.00 Å². The van der Waals surface area contributed by atoms with Crippen molar-refractivity contribution < 1.29 is 32.3 Å². The highest BCUT2D eigenvalue weighted by Crippen LogP contribution is 2.39. The minimum absolute atomic E-state index is 0.0318. The zero-order valence-corrected chi connectivity index (χ0v) is 25.5. The first-order valence-electron chi connectivity index (χ1n) is 14.4. The summed E-state index contributed by atoms with van der Waals surface area (Å²) in [6.07, 6.45) is 3.54. The molecule has 0 bridgehead atoms. The monoisotopic (exact) mass is 616 g/mol. The average Bonchev–Trinajstić information content (AvgIpc) is 3.65. The van der Waals surface area contributed by atoms with Crippen molar-refractivity contribution in [2.45, 2.75) is 57.4 Å². The number of thiophene rings is 1. The van der Waals surface area contributed by atoms with Gasteiger partial charge in [0, 0.05) is 50.1 Å². The Bertz CT molecular complexity index is 1480. The van der Waals surface area contributed by atoms with Crippen molar-refractivity contribution >= 4 is 50.1 Å². The van der Waals surface area contributed by atoms with E-state index in [1.807, 2.05) is 4.90 Å². The fourth-order valence-electron chi connectivity index (χ4n) is 5.78. The van der Waals surface area contributed by atoms with Crippen molar-refractivity contribution in [3.05, 3.63) is 45.8 Å². The molecule has 226 valence electrons. The van der Waals surface area contributed by atoms with Gasteiger partial charge in [0.15, 0.2) is 0 Å². The number of carbonyl (C=O) groups is 4. The molecule has 0 saturated carbocycles. The van der Waals surface area contributed by atoms with Crippen LogP contribution in [0.25, 0.3) is 0 Å². The number of benzene rings is 1. The summed E-state index contributed by atoms with van der Waals surface area (Å²) < 4.78 is 33.0. The first-order valence-corrected chi connectivity index (χ1v) is 16.6. The maximum absolute atomic E-state index is 13.5. The lowest BCUT2D eigenvalue weighted by molar-refractivity contribution is -0.149. The number of fused-ring (bicyclic) bond motifs is 1. The Balaban J connectivity index is 1.34. The first kappa shape index (κ1) is 30.2. The smallest absolute Gasteiger partial charge is 0.310 e.